The van der Waals surface area contributed by atoms with Crippen LogP contribution in [0.2, 0.25) is 0 Å². The number of benzene rings is 1. The molecule has 0 N–H and O–H groups in total. The predicted octanol–water partition coefficient (Wildman–Crippen LogP) is 4.27. The fraction of sp³-hybridized carbons (Fsp3) is 0.333. The van der Waals surface area contributed by atoms with Crippen molar-refractivity contribution in [2.75, 3.05) is 0 Å². The van der Waals surface area contributed by atoms with E-state index in [9.17, 15) is 0 Å². The molecule has 3 heterocycles. The second-order valence-electron chi connectivity index (χ2n) is 5.92. The lowest BCUT2D eigenvalue weighted by Crippen LogP contribution is -2.37. The summed E-state index contributed by atoms with van der Waals surface area (Å²) in [7, 11) is 0. The Morgan fingerprint density at radius 2 is 1.95 bits per heavy atom. The molecule has 110 valence electrons. The number of rotatable bonds is 3. The van der Waals surface area contributed by atoms with E-state index in [2.05, 4.69) is 58.6 Å². The summed E-state index contributed by atoms with van der Waals surface area (Å²) in [6.45, 7) is 5.00. The average Bonchev–Trinajstić information content (AvgIpc) is 3.01. The smallest absolute Gasteiger partial charge is 0.0373 e. The molecule has 2 aliphatic heterocycles. The van der Waals surface area contributed by atoms with E-state index in [-0.39, 0.29) is 12.4 Å². The van der Waals surface area contributed by atoms with Gasteiger partial charge in [0.1, 0.15) is 0 Å². The number of fused-ring (bicyclic) bond motifs is 4. The predicted molar refractivity (Wildman–Crippen MR) is 89.5 cm³/mol. The summed E-state index contributed by atoms with van der Waals surface area (Å²) in [6, 6.07) is 14.4. The molecule has 0 amide bonds. The average molecular weight is 301 g/mol. The van der Waals surface area contributed by atoms with Gasteiger partial charge in [-0.05, 0) is 30.0 Å². The molecule has 0 radical (unpaired) electrons. The van der Waals surface area contributed by atoms with Gasteiger partial charge in [0, 0.05) is 43.1 Å². The van der Waals surface area contributed by atoms with E-state index < -0.39 is 0 Å². The van der Waals surface area contributed by atoms with E-state index in [0.717, 1.165) is 13.0 Å². The maximum atomic E-state index is 3.92. The van der Waals surface area contributed by atoms with Crippen molar-refractivity contribution < 1.29 is 0 Å². The minimum atomic E-state index is 0. The third-order valence-electron chi connectivity index (χ3n) is 4.89. The molecule has 1 saturated heterocycles. The van der Waals surface area contributed by atoms with Gasteiger partial charge in [-0.3, -0.25) is 4.90 Å². The molecule has 4 rings (SSSR count). The normalized spacial score (nSPS) is 23.4. The number of hydrogen-bond donors (Lipinski definition) is 0. The first kappa shape index (κ1) is 14.4. The van der Waals surface area contributed by atoms with E-state index in [4.69, 9.17) is 0 Å². The molecule has 2 bridgehead atoms. The third kappa shape index (κ3) is 2.33. The van der Waals surface area contributed by atoms with Gasteiger partial charge in [0.25, 0.3) is 0 Å². The lowest BCUT2D eigenvalue weighted by molar-refractivity contribution is 0.167. The van der Waals surface area contributed by atoms with Gasteiger partial charge in [-0.1, -0.05) is 36.9 Å². The molecule has 0 saturated carbocycles. The summed E-state index contributed by atoms with van der Waals surface area (Å²) in [5.74, 6) is 0. The largest absolute Gasteiger partial charge is 0.328 e. The summed E-state index contributed by atoms with van der Waals surface area (Å²) in [5, 5.41) is 0. The lowest BCUT2D eigenvalue weighted by Gasteiger charge is -2.35. The second-order valence-corrected chi connectivity index (χ2v) is 5.92. The van der Waals surface area contributed by atoms with E-state index in [1.807, 2.05) is 6.20 Å². The highest BCUT2D eigenvalue weighted by Gasteiger charge is 2.40. The van der Waals surface area contributed by atoms with Crippen LogP contribution >= 0.6 is 12.4 Å². The SMILES string of the molecule is C=Cn1ccc2c1CC1CCC2N1Cc1ccccc1.Cl. The fourth-order valence-corrected chi connectivity index (χ4v) is 3.94. The lowest BCUT2D eigenvalue weighted by atomic mass is 9.99. The molecule has 0 spiro atoms. The molecule has 1 fully saturated rings. The van der Waals surface area contributed by atoms with Crippen molar-refractivity contribution in [1.29, 1.82) is 0 Å². The number of halogens is 1. The highest BCUT2D eigenvalue weighted by atomic mass is 35.5. The quantitative estimate of drug-likeness (QED) is 0.822. The Balaban J connectivity index is 0.00000132. The molecule has 3 heteroatoms. The Morgan fingerprint density at radius 1 is 1.14 bits per heavy atom. The molecular weight excluding hydrogens is 280 g/mol. The van der Waals surface area contributed by atoms with E-state index >= 15 is 0 Å². The van der Waals surface area contributed by atoms with E-state index in [1.165, 1.54) is 29.7 Å². The van der Waals surface area contributed by atoms with Gasteiger partial charge < -0.3 is 4.57 Å². The van der Waals surface area contributed by atoms with Crippen LogP contribution in [0, 0.1) is 0 Å². The van der Waals surface area contributed by atoms with Gasteiger partial charge in [0.05, 0.1) is 0 Å². The van der Waals surface area contributed by atoms with Crippen LogP contribution in [-0.2, 0) is 13.0 Å². The molecule has 2 unspecified atom stereocenters. The van der Waals surface area contributed by atoms with Crippen molar-refractivity contribution in [3.63, 3.8) is 0 Å². The van der Waals surface area contributed by atoms with E-state index in [1.54, 1.807) is 0 Å². The van der Waals surface area contributed by atoms with Crippen molar-refractivity contribution in [1.82, 2.24) is 9.47 Å². The topological polar surface area (TPSA) is 8.17 Å². The summed E-state index contributed by atoms with van der Waals surface area (Å²) in [5.41, 5.74) is 4.43. The zero-order valence-electron chi connectivity index (χ0n) is 12.1. The van der Waals surface area contributed by atoms with Gasteiger partial charge in [0.15, 0.2) is 0 Å². The Morgan fingerprint density at radius 3 is 2.71 bits per heavy atom. The van der Waals surface area contributed by atoms with Crippen LogP contribution in [0.25, 0.3) is 6.20 Å². The van der Waals surface area contributed by atoms with Gasteiger partial charge in [-0.25, -0.2) is 0 Å². The van der Waals surface area contributed by atoms with Crippen LogP contribution in [-0.4, -0.2) is 15.5 Å². The minimum absolute atomic E-state index is 0. The standard InChI is InChI=1S/C18H20N2.ClH/c1-2-19-11-10-16-17-9-8-15(12-18(16)19)20(17)13-14-6-4-3-5-7-14;/h2-7,10-11,15,17H,1,8-9,12-13H2;1H. The molecule has 2 aromatic rings. The Hall–Kier alpha value is -1.51. The Labute approximate surface area is 132 Å². The summed E-state index contributed by atoms with van der Waals surface area (Å²) in [6.07, 6.45) is 7.89. The van der Waals surface area contributed by atoms with Crippen LogP contribution in [0.1, 0.15) is 35.7 Å². The molecule has 1 aromatic heterocycles. The van der Waals surface area contributed by atoms with Crippen LogP contribution < -0.4 is 0 Å². The van der Waals surface area contributed by atoms with Crippen LogP contribution in [0.15, 0.2) is 49.2 Å². The molecule has 21 heavy (non-hydrogen) atoms. The maximum absolute atomic E-state index is 3.92. The second kappa shape index (κ2) is 5.70. The summed E-state index contributed by atoms with van der Waals surface area (Å²) < 4.78 is 2.21. The molecular formula is C18H21ClN2. The van der Waals surface area contributed by atoms with Crippen LogP contribution in [0.4, 0.5) is 0 Å². The van der Waals surface area contributed by atoms with Crippen LogP contribution in [0.5, 0.6) is 0 Å². The van der Waals surface area contributed by atoms with Gasteiger partial charge in [0.2, 0.25) is 0 Å². The third-order valence-corrected chi connectivity index (χ3v) is 4.89. The van der Waals surface area contributed by atoms with Crippen molar-refractivity contribution in [3.8, 4) is 0 Å². The monoisotopic (exact) mass is 300 g/mol. The van der Waals surface area contributed by atoms with Crippen molar-refractivity contribution in [2.24, 2.45) is 0 Å². The number of aromatic nitrogens is 1. The maximum Gasteiger partial charge on any atom is 0.0373 e. The van der Waals surface area contributed by atoms with Gasteiger partial charge >= 0.3 is 0 Å². The number of hydrogen-bond acceptors (Lipinski definition) is 1. The first-order valence-electron chi connectivity index (χ1n) is 7.48. The highest BCUT2D eigenvalue weighted by Crippen LogP contribution is 2.44. The highest BCUT2D eigenvalue weighted by molar-refractivity contribution is 5.85. The van der Waals surface area contributed by atoms with Crippen LogP contribution in [0.3, 0.4) is 0 Å². The fourth-order valence-electron chi connectivity index (χ4n) is 3.94. The number of nitrogens with zero attached hydrogens (tertiary/aromatic N) is 2. The first-order chi connectivity index (χ1) is 9.86. The van der Waals surface area contributed by atoms with Gasteiger partial charge in [-0.2, -0.15) is 0 Å². The first-order valence-corrected chi connectivity index (χ1v) is 7.48. The Kier molecular flexibility index (Phi) is 3.92. The molecule has 2 aliphatic rings. The molecule has 2 nitrogen and oxygen atoms in total. The van der Waals surface area contributed by atoms with Crippen molar-refractivity contribution >= 4 is 18.6 Å². The Bertz CT molecular complexity index is 632. The molecule has 1 aromatic carbocycles. The van der Waals surface area contributed by atoms with Crippen molar-refractivity contribution in [3.05, 3.63) is 66.0 Å². The minimum Gasteiger partial charge on any atom is -0.328 e. The zero-order valence-corrected chi connectivity index (χ0v) is 12.9. The molecule has 0 aliphatic carbocycles. The summed E-state index contributed by atoms with van der Waals surface area (Å²) >= 11 is 0. The summed E-state index contributed by atoms with van der Waals surface area (Å²) in [4.78, 5) is 2.70. The molecule has 2 atom stereocenters. The van der Waals surface area contributed by atoms with E-state index in [0.29, 0.717) is 12.1 Å². The van der Waals surface area contributed by atoms with Gasteiger partial charge in [-0.15, -0.1) is 12.4 Å². The van der Waals surface area contributed by atoms with Crippen molar-refractivity contribution in [2.45, 2.75) is 37.9 Å². The zero-order chi connectivity index (χ0) is 13.5.